The summed E-state index contributed by atoms with van der Waals surface area (Å²) in [6, 6.07) is 4.76. The van der Waals surface area contributed by atoms with Gasteiger partial charge in [0.1, 0.15) is 5.82 Å². The number of hydrogen-bond donors (Lipinski definition) is 1. The van der Waals surface area contributed by atoms with Crippen molar-refractivity contribution in [2.24, 2.45) is 0 Å². The van der Waals surface area contributed by atoms with Crippen molar-refractivity contribution in [3.63, 3.8) is 0 Å². The second-order valence-corrected chi connectivity index (χ2v) is 4.22. The SMILES string of the molecule is Nc1ccc(C(=O)c2cc(F)c(F)cc2F)cc1Cl. The summed E-state index contributed by atoms with van der Waals surface area (Å²) in [7, 11) is 0. The van der Waals surface area contributed by atoms with Gasteiger partial charge in [-0.2, -0.15) is 0 Å². The zero-order valence-corrected chi connectivity index (χ0v) is 10.1. The van der Waals surface area contributed by atoms with E-state index in [1.54, 1.807) is 0 Å². The summed E-state index contributed by atoms with van der Waals surface area (Å²) in [5, 5.41) is 0.119. The third-order valence-corrected chi connectivity index (χ3v) is 2.84. The summed E-state index contributed by atoms with van der Waals surface area (Å²) in [6.45, 7) is 0. The minimum Gasteiger partial charge on any atom is -0.398 e. The molecule has 0 fully saturated rings. The van der Waals surface area contributed by atoms with E-state index in [1.165, 1.54) is 18.2 Å². The van der Waals surface area contributed by atoms with Crippen molar-refractivity contribution in [1.29, 1.82) is 0 Å². The van der Waals surface area contributed by atoms with Crippen LogP contribution in [-0.2, 0) is 0 Å². The number of benzene rings is 2. The molecule has 19 heavy (non-hydrogen) atoms. The van der Waals surface area contributed by atoms with Crippen LogP contribution < -0.4 is 5.73 Å². The molecule has 0 aliphatic rings. The van der Waals surface area contributed by atoms with Crippen molar-refractivity contribution in [3.05, 3.63) is 63.9 Å². The van der Waals surface area contributed by atoms with Crippen molar-refractivity contribution >= 4 is 23.1 Å². The molecule has 0 saturated heterocycles. The van der Waals surface area contributed by atoms with Gasteiger partial charge in [0, 0.05) is 11.6 Å². The van der Waals surface area contributed by atoms with E-state index in [0.717, 1.165) is 0 Å². The Morgan fingerprint density at radius 3 is 2.26 bits per heavy atom. The molecule has 0 saturated carbocycles. The van der Waals surface area contributed by atoms with Crippen LogP contribution in [0.3, 0.4) is 0 Å². The summed E-state index contributed by atoms with van der Waals surface area (Å²) < 4.78 is 39.3. The molecule has 0 heterocycles. The highest BCUT2D eigenvalue weighted by Gasteiger charge is 2.18. The Labute approximate surface area is 111 Å². The predicted molar refractivity (Wildman–Crippen MR) is 65.6 cm³/mol. The first-order valence-corrected chi connectivity index (χ1v) is 5.52. The first kappa shape index (κ1) is 13.4. The van der Waals surface area contributed by atoms with Gasteiger partial charge in [0.15, 0.2) is 17.4 Å². The van der Waals surface area contributed by atoms with Gasteiger partial charge < -0.3 is 5.73 Å². The normalized spacial score (nSPS) is 10.5. The van der Waals surface area contributed by atoms with Gasteiger partial charge in [0.2, 0.25) is 0 Å². The molecule has 0 amide bonds. The Hall–Kier alpha value is -2.01. The van der Waals surface area contributed by atoms with Crippen molar-refractivity contribution in [3.8, 4) is 0 Å². The Bertz CT molecular complexity index is 673. The minimum atomic E-state index is -1.36. The molecule has 2 rings (SSSR count). The van der Waals surface area contributed by atoms with Gasteiger partial charge in [0.05, 0.1) is 16.3 Å². The van der Waals surface area contributed by atoms with E-state index in [0.29, 0.717) is 12.1 Å². The van der Waals surface area contributed by atoms with Gasteiger partial charge in [0.25, 0.3) is 0 Å². The highest BCUT2D eigenvalue weighted by molar-refractivity contribution is 6.33. The zero-order valence-electron chi connectivity index (χ0n) is 9.38. The monoisotopic (exact) mass is 285 g/mol. The lowest BCUT2D eigenvalue weighted by Crippen LogP contribution is -2.06. The smallest absolute Gasteiger partial charge is 0.196 e. The molecule has 98 valence electrons. The van der Waals surface area contributed by atoms with Crippen LogP contribution in [0.2, 0.25) is 5.02 Å². The molecule has 0 bridgehead atoms. The summed E-state index contributed by atoms with van der Waals surface area (Å²) >= 11 is 5.74. The number of nitrogen functional groups attached to an aromatic ring is 1. The summed E-state index contributed by atoms with van der Waals surface area (Å²) in [6.07, 6.45) is 0. The third kappa shape index (κ3) is 2.56. The first-order valence-electron chi connectivity index (χ1n) is 5.14. The molecule has 0 aliphatic heterocycles. The van der Waals surface area contributed by atoms with Crippen molar-refractivity contribution in [2.45, 2.75) is 0 Å². The van der Waals surface area contributed by atoms with Crippen LogP contribution in [-0.4, -0.2) is 5.78 Å². The van der Waals surface area contributed by atoms with Crippen LogP contribution in [0.5, 0.6) is 0 Å². The molecule has 6 heteroatoms. The lowest BCUT2D eigenvalue weighted by atomic mass is 10.0. The molecular weight excluding hydrogens is 279 g/mol. The molecule has 0 unspecified atom stereocenters. The quantitative estimate of drug-likeness (QED) is 0.521. The largest absolute Gasteiger partial charge is 0.398 e. The Kier molecular flexibility index (Phi) is 3.48. The summed E-state index contributed by atoms with van der Waals surface area (Å²) in [5.74, 6) is -4.61. The fourth-order valence-electron chi connectivity index (χ4n) is 1.52. The van der Waals surface area contributed by atoms with Crippen LogP contribution in [0.4, 0.5) is 18.9 Å². The molecular formula is C13H7ClF3NO. The summed E-state index contributed by atoms with van der Waals surface area (Å²) in [4.78, 5) is 12.0. The number of carbonyl (C=O) groups is 1. The fraction of sp³-hybridized carbons (Fsp3) is 0. The van der Waals surface area contributed by atoms with Crippen LogP contribution in [0.25, 0.3) is 0 Å². The van der Waals surface area contributed by atoms with E-state index in [2.05, 4.69) is 0 Å². The maximum atomic E-state index is 13.5. The maximum absolute atomic E-state index is 13.5. The van der Waals surface area contributed by atoms with Crippen molar-refractivity contribution in [2.75, 3.05) is 5.73 Å². The van der Waals surface area contributed by atoms with Crippen molar-refractivity contribution < 1.29 is 18.0 Å². The molecule has 0 spiro atoms. The Morgan fingerprint density at radius 2 is 1.63 bits per heavy atom. The van der Waals surface area contributed by atoms with Gasteiger partial charge in [-0.05, 0) is 24.3 Å². The minimum absolute atomic E-state index is 0.0316. The van der Waals surface area contributed by atoms with E-state index in [-0.39, 0.29) is 16.3 Å². The lowest BCUT2D eigenvalue weighted by Gasteiger charge is -2.05. The second kappa shape index (κ2) is 4.93. The van der Waals surface area contributed by atoms with E-state index in [9.17, 15) is 18.0 Å². The first-order chi connectivity index (χ1) is 8.90. The number of ketones is 1. The van der Waals surface area contributed by atoms with Gasteiger partial charge in [-0.1, -0.05) is 11.6 Å². The van der Waals surface area contributed by atoms with Gasteiger partial charge >= 0.3 is 0 Å². The second-order valence-electron chi connectivity index (χ2n) is 3.81. The molecule has 0 radical (unpaired) electrons. The number of halogens is 4. The standard InChI is InChI=1S/C13H7ClF3NO/c14-8-3-6(1-2-12(8)18)13(19)7-4-10(16)11(17)5-9(7)15/h1-5H,18H2. The van der Waals surface area contributed by atoms with Gasteiger partial charge in [-0.3, -0.25) is 4.79 Å². The van der Waals surface area contributed by atoms with Gasteiger partial charge in [-0.15, -0.1) is 0 Å². The van der Waals surface area contributed by atoms with E-state index < -0.39 is 28.8 Å². The van der Waals surface area contributed by atoms with E-state index in [1.807, 2.05) is 0 Å². The molecule has 0 aliphatic carbocycles. The van der Waals surface area contributed by atoms with Crippen LogP contribution in [0.15, 0.2) is 30.3 Å². The van der Waals surface area contributed by atoms with E-state index in [4.69, 9.17) is 17.3 Å². The van der Waals surface area contributed by atoms with Gasteiger partial charge in [-0.25, -0.2) is 13.2 Å². The predicted octanol–water partition coefficient (Wildman–Crippen LogP) is 3.57. The molecule has 2 aromatic carbocycles. The number of nitrogens with two attached hydrogens (primary N) is 1. The molecule has 0 aromatic heterocycles. The van der Waals surface area contributed by atoms with Crippen molar-refractivity contribution in [1.82, 2.24) is 0 Å². The topological polar surface area (TPSA) is 43.1 Å². The van der Waals surface area contributed by atoms with Crippen LogP contribution >= 0.6 is 11.6 Å². The molecule has 2 aromatic rings. The Balaban J connectivity index is 2.49. The highest BCUT2D eigenvalue weighted by atomic mass is 35.5. The maximum Gasteiger partial charge on any atom is 0.196 e. The number of hydrogen-bond acceptors (Lipinski definition) is 2. The fourth-order valence-corrected chi connectivity index (χ4v) is 1.70. The molecule has 2 nitrogen and oxygen atoms in total. The Morgan fingerprint density at radius 1 is 1.00 bits per heavy atom. The van der Waals surface area contributed by atoms with E-state index >= 15 is 0 Å². The van der Waals surface area contributed by atoms with Crippen LogP contribution in [0.1, 0.15) is 15.9 Å². The highest BCUT2D eigenvalue weighted by Crippen LogP contribution is 2.23. The average Bonchev–Trinajstić information content (AvgIpc) is 2.36. The van der Waals surface area contributed by atoms with Crippen LogP contribution in [0, 0.1) is 17.5 Å². The average molecular weight is 286 g/mol. The number of rotatable bonds is 2. The third-order valence-electron chi connectivity index (χ3n) is 2.52. The lowest BCUT2D eigenvalue weighted by molar-refractivity contribution is 0.103. The number of carbonyl (C=O) groups excluding carboxylic acids is 1. The number of anilines is 1. The summed E-state index contributed by atoms with van der Waals surface area (Å²) in [5.41, 5.74) is 5.19. The molecule has 2 N–H and O–H groups in total. The zero-order chi connectivity index (χ0) is 14.2. The molecule has 0 atom stereocenters.